The van der Waals surface area contributed by atoms with Crippen molar-refractivity contribution in [2.24, 2.45) is 5.73 Å². The number of hydrogen-bond donors (Lipinski definition) is 2. The van der Waals surface area contributed by atoms with Crippen molar-refractivity contribution in [1.29, 1.82) is 0 Å². The van der Waals surface area contributed by atoms with Crippen molar-refractivity contribution in [3.63, 3.8) is 0 Å². The lowest BCUT2D eigenvalue weighted by atomic mass is 9.99. The van der Waals surface area contributed by atoms with E-state index in [1.807, 2.05) is 0 Å². The van der Waals surface area contributed by atoms with Crippen LogP contribution in [0, 0.1) is 0 Å². The van der Waals surface area contributed by atoms with Crippen molar-refractivity contribution < 1.29 is 13.5 Å². The van der Waals surface area contributed by atoms with Crippen molar-refractivity contribution in [1.82, 2.24) is 0 Å². The van der Waals surface area contributed by atoms with E-state index >= 15 is 0 Å². The van der Waals surface area contributed by atoms with E-state index in [-0.39, 0.29) is 6.61 Å². The van der Waals surface area contributed by atoms with Crippen LogP contribution < -0.4 is 5.73 Å². The Hall–Kier alpha value is -0.910. The topological polar surface area (TPSA) is 80.4 Å². The molecule has 17 heavy (non-hydrogen) atoms. The minimum atomic E-state index is -3.17. The van der Waals surface area contributed by atoms with E-state index in [9.17, 15) is 8.42 Å². The second-order valence-corrected chi connectivity index (χ2v) is 7.26. The molecule has 0 amide bonds. The molecule has 0 heterocycles. The molecule has 1 aromatic carbocycles. The average molecular weight is 257 g/mol. The number of aliphatic hydroxyl groups excluding tert-OH is 1. The summed E-state index contributed by atoms with van der Waals surface area (Å²) in [5.74, 6) is 0. The van der Waals surface area contributed by atoms with Crippen LogP contribution >= 0.6 is 0 Å². The summed E-state index contributed by atoms with van der Waals surface area (Å²) < 4.78 is 22.4. The van der Waals surface area contributed by atoms with Gasteiger partial charge in [0, 0.05) is 6.26 Å². The molecule has 1 rings (SSSR count). The quantitative estimate of drug-likeness (QED) is 0.842. The maximum absolute atomic E-state index is 11.7. The van der Waals surface area contributed by atoms with Gasteiger partial charge in [-0.25, -0.2) is 8.42 Å². The Morgan fingerprint density at radius 1 is 1.29 bits per heavy atom. The van der Waals surface area contributed by atoms with Crippen LogP contribution in [0.15, 0.2) is 24.3 Å². The molecule has 1 atom stereocenters. The fourth-order valence-electron chi connectivity index (χ4n) is 1.45. The zero-order valence-electron chi connectivity index (χ0n) is 10.3. The highest BCUT2D eigenvalue weighted by Crippen LogP contribution is 2.29. The number of benzene rings is 1. The molecule has 4 nitrogen and oxygen atoms in total. The maximum Gasteiger partial charge on any atom is 0.156 e. The summed E-state index contributed by atoms with van der Waals surface area (Å²) >= 11 is 0. The molecular weight excluding hydrogens is 238 g/mol. The molecule has 1 unspecified atom stereocenters. The lowest BCUT2D eigenvalue weighted by Crippen LogP contribution is -2.28. The number of rotatable bonds is 4. The Kier molecular flexibility index (Phi) is 3.96. The van der Waals surface area contributed by atoms with Gasteiger partial charge in [-0.1, -0.05) is 24.3 Å². The number of sulfone groups is 1. The normalized spacial score (nSPS) is 14.6. The Morgan fingerprint density at radius 2 is 1.76 bits per heavy atom. The van der Waals surface area contributed by atoms with Gasteiger partial charge in [0.05, 0.1) is 17.4 Å². The van der Waals surface area contributed by atoms with E-state index in [1.165, 1.54) is 6.26 Å². The third-order valence-electron chi connectivity index (χ3n) is 3.16. The van der Waals surface area contributed by atoms with Crippen molar-refractivity contribution in [2.75, 3.05) is 12.9 Å². The highest BCUT2D eigenvalue weighted by molar-refractivity contribution is 7.91. The van der Waals surface area contributed by atoms with E-state index in [4.69, 9.17) is 10.8 Å². The zero-order chi connectivity index (χ0) is 13.3. The molecule has 0 aromatic heterocycles. The predicted octanol–water partition coefficient (Wildman–Crippen LogP) is 0.958. The molecule has 0 aliphatic carbocycles. The lowest BCUT2D eigenvalue weighted by molar-refractivity contribution is 0.268. The molecule has 0 bridgehead atoms. The van der Waals surface area contributed by atoms with Crippen LogP contribution in [0.1, 0.15) is 31.0 Å². The van der Waals surface area contributed by atoms with Crippen LogP contribution in [-0.4, -0.2) is 26.4 Å². The summed E-state index contributed by atoms with van der Waals surface area (Å²) in [4.78, 5) is 0. The van der Waals surface area contributed by atoms with E-state index in [0.717, 1.165) is 5.56 Å². The van der Waals surface area contributed by atoms with Crippen LogP contribution in [0.2, 0.25) is 0 Å². The average Bonchev–Trinajstić information content (AvgIpc) is 2.26. The second-order valence-electron chi connectivity index (χ2n) is 4.69. The van der Waals surface area contributed by atoms with E-state index in [0.29, 0.717) is 5.56 Å². The molecule has 0 aliphatic heterocycles. The van der Waals surface area contributed by atoms with Gasteiger partial charge < -0.3 is 10.8 Å². The van der Waals surface area contributed by atoms with Gasteiger partial charge in [-0.05, 0) is 25.0 Å². The summed E-state index contributed by atoms with van der Waals surface area (Å²) in [6.07, 6.45) is 1.22. The van der Waals surface area contributed by atoms with Crippen LogP contribution in [-0.2, 0) is 14.6 Å². The molecule has 1 aromatic rings. The van der Waals surface area contributed by atoms with Gasteiger partial charge in [0.2, 0.25) is 0 Å². The lowest BCUT2D eigenvalue weighted by Gasteiger charge is -2.23. The highest BCUT2D eigenvalue weighted by atomic mass is 32.2. The summed E-state index contributed by atoms with van der Waals surface area (Å²) in [5.41, 5.74) is 7.18. The zero-order valence-corrected chi connectivity index (χ0v) is 11.2. The summed E-state index contributed by atoms with van der Waals surface area (Å²) in [6, 6.07) is 6.56. The third kappa shape index (κ3) is 2.86. The van der Waals surface area contributed by atoms with Gasteiger partial charge in [0.1, 0.15) is 0 Å². The maximum atomic E-state index is 11.7. The van der Waals surface area contributed by atoms with Crippen LogP contribution in [0.5, 0.6) is 0 Å². The van der Waals surface area contributed by atoms with Gasteiger partial charge >= 0.3 is 0 Å². The monoisotopic (exact) mass is 257 g/mol. The largest absolute Gasteiger partial charge is 0.394 e. The smallest absolute Gasteiger partial charge is 0.156 e. The SMILES string of the molecule is CC(C)(c1ccc(C(N)CO)cc1)S(C)(=O)=O. The predicted molar refractivity (Wildman–Crippen MR) is 68.3 cm³/mol. The molecule has 3 N–H and O–H groups in total. The molecule has 0 fully saturated rings. The first kappa shape index (κ1) is 14.2. The van der Waals surface area contributed by atoms with E-state index < -0.39 is 20.6 Å². The Balaban J connectivity index is 3.12. The molecular formula is C12H19NO3S. The highest BCUT2D eigenvalue weighted by Gasteiger charge is 2.32. The summed E-state index contributed by atoms with van der Waals surface area (Å²) in [5, 5.41) is 8.93. The fourth-order valence-corrected chi connectivity index (χ4v) is 2.02. The first-order valence-corrected chi connectivity index (χ1v) is 7.25. The first-order chi connectivity index (χ1) is 7.70. The fraction of sp³-hybridized carbons (Fsp3) is 0.500. The number of aliphatic hydroxyl groups is 1. The molecule has 0 radical (unpaired) electrons. The number of nitrogens with two attached hydrogens (primary N) is 1. The standard InChI is InChI=1S/C12H19NO3S/c1-12(2,17(3,15)16)10-6-4-9(5-7-10)11(13)8-14/h4-7,11,14H,8,13H2,1-3H3. The molecule has 0 saturated heterocycles. The van der Waals surface area contributed by atoms with Crippen LogP contribution in [0.4, 0.5) is 0 Å². The van der Waals surface area contributed by atoms with Gasteiger partial charge in [0.15, 0.2) is 9.84 Å². The van der Waals surface area contributed by atoms with Gasteiger partial charge in [-0.3, -0.25) is 0 Å². The summed E-state index contributed by atoms with van der Waals surface area (Å²) in [6.45, 7) is 3.21. The van der Waals surface area contributed by atoms with Crippen LogP contribution in [0.3, 0.4) is 0 Å². The molecule has 0 aliphatic rings. The van der Waals surface area contributed by atoms with Gasteiger partial charge in [-0.15, -0.1) is 0 Å². The third-order valence-corrected chi connectivity index (χ3v) is 5.25. The minimum Gasteiger partial charge on any atom is -0.394 e. The van der Waals surface area contributed by atoms with E-state index in [2.05, 4.69) is 0 Å². The summed E-state index contributed by atoms with van der Waals surface area (Å²) in [7, 11) is -3.17. The Morgan fingerprint density at radius 3 is 2.12 bits per heavy atom. The van der Waals surface area contributed by atoms with E-state index in [1.54, 1.807) is 38.1 Å². The van der Waals surface area contributed by atoms with Crippen LogP contribution in [0.25, 0.3) is 0 Å². The Bertz CT molecular complexity index is 477. The molecule has 96 valence electrons. The van der Waals surface area contributed by atoms with Crippen molar-refractivity contribution in [3.05, 3.63) is 35.4 Å². The van der Waals surface area contributed by atoms with Gasteiger partial charge in [-0.2, -0.15) is 0 Å². The Labute approximate surface area is 102 Å². The first-order valence-electron chi connectivity index (χ1n) is 5.36. The molecule has 0 saturated carbocycles. The van der Waals surface area contributed by atoms with Crippen molar-refractivity contribution in [2.45, 2.75) is 24.6 Å². The number of hydrogen-bond acceptors (Lipinski definition) is 4. The van der Waals surface area contributed by atoms with Gasteiger partial charge in [0.25, 0.3) is 0 Å². The second kappa shape index (κ2) is 4.76. The molecule has 5 heteroatoms. The van der Waals surface area contributed by atoms with Crippen molar-refractivity contribution in [3.8, 4) is 0 Å². The molecule has 0 spiro atoms. The minimum absolute atomic E-state index is 0.130. The van der Waals surface area contributed by atoms with Crippen molar-refractivity contribution >= 4 is 9.84 Å².